The van der Waals surface area contributed by atoms with Crippen LogP contribution in [0.4, 0.5) is 0 Å². The summed E-state index contributed by atoms with van der Waals surface area (Å²) in [6, 6.07) is 8.05. The standard InChI is InChI=1S/C15H23NO3/c1-11(16-12(2)15(17)19-4)5-6-13-7-9-14(18-3)10-8-13/h7-12,16H,5-6H2,1-4H3. The molecular weight excluding hydrogens is 242 g/mol. The van der Waals surface area contributed by atoms with E-state index >= 15 is 0 Å². The zero-order valence-corrected chi connectivity index (χ0v) is 12.1. The number of hydrogen-bond donors (Lipinski definition) is 1. The summed E-state index contributed by atoms with van der Waals surface area (Å²) >= 11 is 0. The highest BCUT2D eigenvalue weighted by atomic mass is 16.5. The Labute approximate surface area is 115 Å². The number of aryl methyl sites for hydroxylation is 1. The fraction of sp³-hybridized carbons (Fsp3) is 0.533. The van der Waals surface area contributed by atoms with Gasteiger partial charge in [0.25, 0.3) is 0 Å². The molecule has 1 N–H and O–H groups in total. The van der Waals surface area contributed by atoms with E-state index < -0.39 is 0 Å². The number of carbonyl (C=O) groups excluding carboxylic acids is 1. The van der Waals surface area contributed by atoms with Crippen LogP contribution in [-0.2, 0) is 16.0 Å². The lowest BCUT2D eigenvalue weighted by atomic mass is 10.1. The first-order valence-corrected chi connectivity index (χ1v) is 6.53. The smallest absolute Gasteiger partial charge is 0.322 e. The molecule has 106 valence electrons. The van der Waals surface area contributed by atoms with E-state index in [0.29, 0.717) is 0 Å². The van der Waals surface area contributed by atoms with Crippen LogP contribution in [-0.4, -0.2) is 32.3 Å². The number of ether oxygens (including phenoxy) is 2. The molecule has 0 amide bonds. The Morgan fingerprint density at radius 2 is 1.84 bits per heavy atom. The molecule has 0 aliphatic carbocycles. The largest absolute Gasteiger partial charge is 0.497 e. The van der Waals surface area contributed by atoms with Gasteiger partial charge in [-0.15, -0.1) is 0 Å². The highest BCUT2D eigenvalue weighted by molar-refractivity contribution is 5.75. The summed E-state index contributed by atoms with van der Waals surface area (Å²) in [6.07, 6.45) is 1.93. The minimum atomic E-state index is -0.268. The summed E-state index contributed by atoms with van der Waals surface area (Å²) in [7, 11) is 3.07. The third-order valence-electron chi connectivity index (χ3n) is 3.11. The second kappa shape index (κ2) is 7.79. The molecule has 2 unspecified atom stereocenters. The predicted molar refractivity (Wildman–Crippen MR) is 75.4 cm³/mol. The third kappa shape index (κ3) is 5.30. The molecule has 0 spiro atoms. The van der Waals surface area contributed by atoms with Gasteiger partial charge < -0.3 is 14.8 Å². The molecule has 0 aliphatic rings. The number of methoxy groups -OCH3 is 2. The van der Waals surface area contributed by atoms with Crippen LogP contribution < -0.4 is 10.1 Å². The van der Waals surface area contributed by atoms with Crippen molar-refractivity contribution >= 4 is 5.97 Å². The van der Waals surface area contributed by atoms with Crippen LogP contribution in [0.5, 0.6) is 5.75 Å². The number of nitrogens with one attached hydrogen (secondary N) is 1. The molecule has 1 aromatic carbocycles. The van der Waals surface area contributed by atoms with Gasteiger partial charge in [0.1, 0.15) is 11.8 Å². The lowest BCUT2D eigenvalue weighted by Gasteiger charge is -2.18. The topological polar surface area (TPSA) is 47.6 Å². The van der Waals surface area contributed by atoms with Gasteiger partial charge in [0.05, 0.1) is 14.2 Å². The van der Waals surface area contributed by atoms with E-state index in [-0.39, 0.29) is 18.1 Å². The maximum Gasteiger partial charge on any atom is 0.322 e. The molecule has 0 saturated carbocycles. The van der Waals surface area contributed by atoms with Crippen LogP contribution in [0.2, 0.25) is 0 Å². The number of rotatable bonds is 7. The summed E-state index contributed by atoms with van der Waals surface area (Å²) in [6.45, 7) is 3.89. The van der Waals surface area contributed by atoms with Crippen molar-refractivity contribution in [1.29, 1.82) is 0 Å². The van der Waals surface area contributed by atoms with E-state index in [9.17, 15) is 4.79 Å². The minimum absolute atomic E-state index is 0.226. The Kier molecular flexibility index (Phi) is 6.36. The van der Waals surface area contributed by atoms with Gasteiger partial charge >= 0.3 is 5.97 Å². The Bertz CT molecular complexity index is 389. The van der Waals surface area contributed by atoms with Crippen molar-refractivity contribution in [2.45, 2.75) is 38.8 Å². The molecule has 19 heavy (non-hydrogen) atoms. The van der Waals surface area contributed by atoms with Crippen molar-refractivity contribution in [2.75, 3.05) is 14.2 Å². The minimum Gasteiger partial charge on any atom is -0.497 e. The summed E-state index contributed by atoms with van der Waals surface area (Å²) < 4.78 is 9.81. The Hall–Kier alpha value is -1.55. The van der Waals surface area contributed by atoms with Crippen LogP contribution in [0.1, 0.15) is 25.8 Å². The lowest BCUT2D eigenvalue weighted by Crippen LogP contribution is -2.40. The second-order valence-corrected chi connectivity index (χ2v) is 4.70. The summed E-state index contributed by atoms with van der Waals surface area (Å²) in [5.41, 5.74) is 1.26. The van der Waals surface area contributed by atoms with Crippen molar-refractivity contribution in [3.63, 3.8) is 0 Å². The van der Waals surface area contributed by atoms with Crippen LogP contribution in [0.25, 0.3) is 0 Å². The first-order valence-electron chi connectivity index (χ1n) is 6.53. The Balaban J connectivity index is 2.36. The highest BCUT2D eigenvalue weighted by Crippen LogP contribution is 2.13. The predicted octanol–water partition coefficient (Wildman–Crippen LogP) is 2.17. The Morgan fingerprint density at radius 1 is 1.21 bits per heavy atom. The SMILES string of the molecule is COC(=O)C(C)NC(C)CCc1ccc(OC)cc1. The van der Waals surface area contributed by atoms with Gasteiger partial charge in [-0.25, -0.2) is 0 Å². The first-order chi connectivity index (χ1) is 9.06. The maximum absolute atomic E-state index is 11.3. The fourth-order valence-electron chi connectivity index (χ4n) is 1.93. The molecule has 0 bridgehead atoms. The summed E-state index contributed by atoms with van der Waals surface area (Å²) in [5.74, 6) is 0.644. The van der Waals surface area contributed by atoms with E-state index in [1.165, 1.54) is 12.7 Å². The number of carbonyl (C=O) groups is 1. The molecule has 0 fully saturated rings. The zero-order valence-electron chi connectivity index (χ0n) is 12.1. The highest BCUT2D eigenvalue weighted by Gasteiger charge is 2.15. The van der Waals surface area contributed by atoms with Gasteiger partial charge in [-0.05, 0) is 44.4 Å². The van der Waals surface area contributed by atoms with E-state index in [1.807, 2.05) is 19.1 Å². The number of hydrogen-bond acceptors (Lipinski definition) is 4. The van der Waals surface area contributed by atoms with Gasteiger partial charge in [0.2, 0.25) is 0 Å². The maximum atomic E-state index is 11.3. The average Bonchev–Trinajstić information content (AvgIpc) is 2.44. The van der Waals surface area contributed by atoms with Crippen LogP contribution in [0, 0.1) is 0 Å². The monoisotopic (exact) mass is 265 g/mol. The lowest BCUT2D eigenvalue weighted by molar-refractivity contribution is -0.142. The van der Waals surface area contributed by atoms with Gasteiger partial charge in [-0.3, -0.25) is 4.79 Å². The molecule has 0 heterocycles. The molecule has 0 radical (unpaired) electrons. The molecule has 1 rings (SSSR count). The number of benzene rings is 1. The van der Waals surface area contributed by atoms with Gasteiger partial charge in [0.15, 0.2) is 0 Å². The van der Waals surface area contributed by atoms with Gasteiger partial charge in [-0.2, -0.15) is 0 Å². The molecular formula is C15H23NO3. The van der Waals surface area contributed by atoms with E-state index in [2.05, 4.69) is 29.1 Å². The van der Waals surface area contributed by atoms with Crippen LogP contribution >= 0.6 is 0 Å². The van der Waals surface area contributed by atoms with E-state index in [4.69, 9.17) is 4.74 Å². The van der Waals surface area contributed by atoms with E-state index in [0.717, 1.165) is 18.6 Å². The molecule has 0 saturated heterocycles. The second-order valence-electron chi connectivity index (χ2n) is 4.70. The van der Waals surface area contributed by atoms with Crippen molar-refractivity contribution in [2.24, 2.45) is 0 Å². The molecule has 2 atom stereocenters. The van der Waals surface area contributed by atoms with Crippen molar-refractivity contribution < 1.29 is 14.3 Å². The van der Waals surface area contributed by atoms with Crippen molar-refractivity contribution in [3.8, 4) is 5.75 Å². The first kappa shape index (κ1) is 15.5. The van der Waals surface area contributed by atoms with Gasteiger partial charge in [0, 0.05) is 6.04 Å². The van der Waals surface area contributed by atoms with Crippen LogP contribution in [0.3, 0.4) is 0 Å². The molecule has 0 aliphatic heterocycles. The fourth-order valence-corrected chi connectivity index (χ4v) is 1.93. The molecule has 0 aromatic heterocycles. The Morgan fingerprint density at radius 3 is 2.37 bits per heavy atom. The van der Waals surface area contributed by atoms with Crippen molar-refractivity contribution in [1.82, 2.24) is 5.32 Å². The summed E-state index contributed by atoms with van der Waals surface area (Å²) in [5, 5.41) is 3.22. The van der Waals surface area contributed by atoms with E-state index in [1.54, 1.807) is 7.11 Å². The van der Waals surface area contributed by atoms with Crippen molar-refractivity contribution in [3.05, 3.63) is 29.8 Å². The quantitative estimate of drug-likeness (QED) is 0.768. The van der Waals surface area contributed by atoms with Gasteiger partial charge in [-0.1, -0.05) is 12.1 Å². The molecule has 4 nitrogen and oxygen atoms in total. The number of esters is 1. The third-order valence-corrected chi connectivity index (χ3v) is 3.11. The zero-order chi connectivity index (χ0) is 14.3. The normalized spacial score (nSPS) is 13.7. The summed E-state index contributed by atoms with van der Waals surface area (Å²) in [4.78, 5) is 11.3. The van der Waals surface area contributed by atoms with Crippen LogP contribution in [0.15, 0.2) is 24.3 Å². The average molecular weight is 265 g/mol. The molecule has 4 heteroatoms. The molecule has 1 aromatic rings.